The molecule has 4 rings (SSSR count). The van der Waals surface area contributed by atoms with Gasteiger partial charge in [-0.25, -0.2) is 8.42 Å². The molecule has 7 heteroatoms. The van der Waals surface area contributed by atoms with Crippen LogP contribution in [0.4, 0.5) is 0 Å². The molecule has 2 aliphatic heterocycles. The van der Waals surface area contributed by atoms with Crippen LogP contribution < -0.4 is 0 Å². The van der Waals surface area contributed by atoms with Crippen LogP contribution in [0.2, 0.25) is 0 Å². The molecule has 1 saturated carbocycles. The lowest BCUT2D eigenvalue weighted by molar-refractivity contribution is -0.135. The first-order valence-corrected chi connectivity index (χ1v) is 12.6. The fourth-order valence-corrected chi connectivity index (χ4v) is 6.68. The molecular formula is C22H33N3O3S. The number of hydrogen-bond donors (Lipinski definition) is 0. The number of nitrogens with zero attached hydrogens (tertiary/aromatic N) is 3. The Bertz CT molecular complexity index is 791. The molecule has 0 aromatic heterocycles. The highest BCUT2D eigenvalue weighted by molar-refractivity contribution is 7.88. The van der Waals surface area contributed by atoms with E-state index >= 15 is 0 Å². The highest BCUT2D eigenvalue weighted by atomic mass is 32.2. The monoisotopic (exact) mass is 419 g/mol. The topological polar surface area (TPSA) is 60.9 Å². The van der Waals surface area contributed by atoms with Crippen LogP contribution in [0.25, 0.3) is 0 Å². The molecular weight excluding hydrogens is 386 g/mol. The van der Waals surface area contributed by atoms with Gasteiger partial charge in [0.25, 0.3) is 0 Å². The van der Waals surface area contributed by atoms with Crippen LogP contribution in [0.15, 0.2) is 30.3 Å². The summed E-state index contributed by atoms with van der Waals surface area (Å²) >= 11 is 0. The zero-order valence-electron chi connectivity index (χ0n) is 17.2. The van der Waals surface area contributed by atoms with Crippen molar-refractivity contribution in [3.8, 4) is 0 Å². The summed E-state index contributed by atoms with van der Waals surface area (Å²) in [6.45, 7) is 4.42. The Morgan fingerprint density at radius 2 is 1.59 bits per heavy atom. The van der Waals surface area contributed by atoms with Gasteiger partial charge in [-0.1, -0.05) is 49.6 Å². The second kappa shape index (κ2) is 9.14. The first kappa shape index (κ1) is 20.8. The van der Waals surface area contributed by atoms with Crippen molar-refractivity contribution in [2.75, 3.05) is 45.8 Å². The van der Waals surface area contributed by atoms with E-state index in [9.17, 15) is 13.2 Å². The van der Waals surface area contributed by atoms with Crippen molar-refractivity contribution in [1.29, 1.82) is 0 Å². The summed E-state index contributed by atoms with van der Waals surface area (Å²) in [4.78, 5) is 17.0. The van der Waals surface area contributed by atoms with Crippen LogP contribution in [-0.4, -0.2) is 74.2 Å². The fourth-order valence-electron chi connectivity index (χ4n) is 5.16. The fraction of sp³-hybridized carbons (Fsp3) is 0.682. The van der Waals surface area contributed by atoms with E-state index in [2.05, 4.69) is 9.80 Å². The number of likely N-dealkylation sites (tertiary alicyclic amines) is 1. The van der Waals surface area contributed by atoms with Crippen molar-refractivity contribution >= 4 is 15.9 Å². The van der Waals surface area contributed by atoms with E-state index in [1.807, 2.05) is 30.3 Å². The maximum Gasteiger partial charge on any atom is 0.236 e. The Balaban J connectivity index is 1.25. The van der Waals surface area contributed by atoms with E-state index in [4.69, 9.17) is 0 Å². The number of amides is 1. The van der Waals surface area contributed by atoms with E-state index in [1.165, 1.54) is 25.7 Å². The quantitative estimate of drug-likeness (QED) is 0.734. The first-order chi connectivity index (χ1) is 14.0. The van der Waals surface area contributed by atoms with Gasteiger partial charge in [-0.3, -0.25) is 9.69 Å². The van der Waals surface area contributed by atoms with E-state index in [0.717, 1.165) is 31.0 Å². The SMILES string of the molecule is O=C(CN1CCN(S(=O)(=O)Cc2ccccc2)CC1)N1CC[C@@H]2CCCC[C@H]2C1. The van der Waals surface area contributed by atoms with Crippen molar-refractivity contribution in [1.82, 2.24) is 14.1 Å². The molecule has 0 bridgehead atoms. The van der Waals surface area contributed by atoms with Crippen molar-refractivity contribution in [3.63, 3.8) is 0 Å². The Morgan fingerprint density at radius 1 is 0.897 bits per heavy atom. The summed E-state index contributed by atoms with van der Waals surface area (Å²) in [6, 6.07) is 9.32. The number of hydrogen-bond acceptors (Lipinski definition) is 4. The number of sulfonamides is 1. The molecule has 29 heavy (non-hydrogen) atoms. The Hall–Kier alpha value is -1.44. The van der Waals surface area contributed by atoms with Crippen LogP contribution in [0.3, 0.4) is 0 Å². The summed E-state index contributed by atoms with van der Waals surface area (Å²) in [5, 5.41) is 0. The van der Waals surface area contributed by atoms with E-state index in [1.54, 1.807) is 4.31 Å². The second-order valence-electron chi connectivity index (χ2n) is 8.85. The average molecular weight is 420 g/mol. The van der Waals surface area contributed by atoms with Crippen LogP contribution in [0.1, 0.15) is 37.7 Å². The molecule has 0 spiro atoms. The first-order valence-electron chi connectivity index (χ1n) is 11.0. The number of piperidine rings is 1. The number of carbonyl (C=O) groups is 1. The molecule has 1 aliphatic carbocycles. The third kappa shape index (κ3) is 5.19. The lowest BCUT2D eigenvalue weighted by Crippen LogP contribution is -2.53. The smallest absolute Gasteiger partial charge is 0.236 e. The second-order valence-corrected chi connectivity index (χ2v) is 10.8. The average Bonchev–Trinajstić information content (AvgIpc) is 2.74. The molecule has 6 nitrogen and oxygen atoms in total. The zero-order chi connectivity index (χ0) is 20.3. The van der Waals surface area contributed by atoms with Crippen LogP contribution in [-0.2, 0) is 20.6 Å². The van der Waals surface area contributed by atoms with Gasteiger partial charge in [0.1, 0.15) is 0 Å². The van der Waals surface area contributed by atoms with Crippen molar-refractivity contribution < 1.29 is 13.2 Å². The van der Waals surface area contributed by atoms with E-state index in [0.29, 0.717) is 38.6 Å². The molecule has 2 saturated heterocycles. The van der Waals surface area contributed by atoms with Gasteiger partial charge >= 0.3 is 0 Å². The summed E-state index contributed by atoms with van der Waals surface area (Å²) in [7, 11) is -3.31. The molecule has 1 amide bonds. The molecule has 3 fully saturated rings. The van der Waals surface area contributed by atoms with Crippen LogP contribution in [0.5, 0.6) is 0 Å². The molecule has 0 radical (unpaired) electrons. The van der Waals surface area contributed by atoms with Crippen LogP contribution >= 0.6 is 0 Å². The maximum atomic E-state index is 12.8. The van der Waals surface area contributed by atoms with Gasteiger partial charge in [-0.15, -0.1) is 0 Å². The minimum atomic E-state index is -3.31. The van der Waals surface area contributed by atoms with Crippen LogP contribution in [0, 0.1) is 11.8 Å². The molecule has 1 aromatic rings. The van der Waals surface area contributed by atoms with Gasteiger partial charge < -0.3 is 4.90 Å². The maximum absolute atomic E-state index is 12.8. The van der Waals surface area contributed by atoms with Gasteiger partial charge in [0.15, 0.2) is 0 Å². The Morgan fingerprint density at radius 3 is 2.31 bits per heavy atom. The molecule has 0 unspecified atom stereocenters. The summed E-state index contributed by atoms with van der Waals surface area (Å²) in [6.07, 6.45) is 6.43. The normalized spacial score (nSPS) is 26.8. The molecule has 1 aromatic carbocycles. The van der Waals surface area contributed by atoms with Crippen molar-refractivity contribution in [3.05, 3.63) is 35.9 Å². The van der Waals surface area contributed by atoms with Gasteiger partial charge in [-0.2, -0.15) is 4.31 Å². The molecule has 2 atom stereocenters. The molecule has 3 aliphatic rings. The highest BCUT2D eigenvalue weighted by Crippen LogP contribution is 2.36. The highest BCUT2D eigenvalue weighted by Gasteiger charge is 2.34. The lowest BCUT2D eigenvalue weighted by atomic mass is 9.75. The summed E-state index contributed by atoms with van der Waals surface area (Å²) in [5.74, 6) is 1.78. The number of carbonyl (C=O) groups excluding carboxylic acids is 1. The van der Waals surface area contributed by atoms with Gasteiger partial charge in [0.2, 0.25) is 15.9 Å². The van der Waals surface area contributed by atoms with Gasteiger partial charge in [0.05, 0.1) is 12.3 Å². The number of benzene rings is 1. The van der Waals surface area contributed by atoms with Crippen molar-refractivity contribution in [2.45, 2.75) is 37.9 Å². The molecule has 160 valence electrons. The Kier molecular flexibility index (Phi) is 6.56. The minimum absolute atomic E-state index is 0.0447. The number of fused-ring (bicyclic) bond motifs is 1. The van der Waals surface area contributed by atoms with E-state index < -0.39 is 10.0 Å². The summed E-state index contributed by atoms with van der Waals surface area (Å²) in [5.41, 5.74) is 0.816. The van der Waals surface area contributed by atoms with Gasteiger partial charge in [0, 0.05) is 39.3 Å². The summed E-state index contributed by atoms with van der Waals surface area (Å²) < 4.78 is 27.0. The van der Waals surface area contributed by atoms with Gasteiger partial charge in [-0.05, 0) is 30.2 Å². The number of piperazine rings is 1. The predicted molar refractivity (Wildman–Crippen MR) is 114 cm³/mol. The standard InChI is InChI=1S/C22H33N3O3S/c26-22(24-11-10-20-8-4-5-9-21(20)16-24)17-23-12-14-25(15-13-23)29(27,28)18-19-6-2-1-3-7-19/h1-3,6-7,20-21H,4-5,8-18H2/t20-,21-/m0/s1. The lowest BCUT2D eigenvalue weighted by Gasteiger charge is -2.42. The largest absolute Gasteiger partial charge is 0.341 e. The third-order valence-corrected chi connectivity index (χ3v) is 8.77. The van der Waals surface area contributed by atoms with Crippen molar-refractivity contribution in [2.24, 2.45) is 11.8 Å². The zero-order valence-corrected chi connectivity index (χ0v) is 18.0. The predicted octanol–water partition coefficient (Wildman–Crippen LogP) is 2.17. The number of rotatable bonds is 5. The molecule has 2 heterocycles. The van der Waals surface area contributed by atoms with E-state index in [-0.39, 0.29) is 11.7 Å². The third-order valence-electron chi connectivity index (χ3n) is 6.92. The Labute approximate surface area is 174 Å². The minimum Gasteiger partial charge on any atom is -0.341 e. The molecule has 0 N–H and O–H groups in total.